The molecule has 7 heteroatoms. The summed E-state index contributed by atoms with van der Waals surface area (Å²) in [4.78, 5) is 16.8. The molecule has 1 fully saturated rings. The van der Waals surface area contributed by atoms with Crippen molar-refractivity contribution in [2.45, 2.75) is 26.4 Å². The van der Waals surface area contributed by atoms with E-state index in [1.54, 1.807) is 18.2 Å². The quantitative estimate of drug-likeness (QED) is 0.500. The number of hydrogen-bond donors (Lipinski definition) is 1. The average Bonchev–Trinajstić information content (AvgIpc) is 2.67. The van der Waals surface area contributed by atoms with E-state index >= 15 is 0 Å². The number of alkyl halides is 2. The van der Waals surface area contributed by atoms with Crippen molar-refractivity contribution in [3.8, 4) is 5.75 Å². The number of benzene rings is 1. The van der Waals surface area contributed by atoms with Crippen LogP contribution in [-0.4, -0.2) is 68.1 Å². The summed E-state index contributed by atoms with van der Waals surface area (Å²) in [5.41, 5.74) is 0.748. The summed E-state index contributed by atoms with van der Waals surface area (Å²) < 4.78 is 28.5. The predicted molar refractivity (Wildman–Crippen MR) is 103 cm³/mol. The Kier molecular flexibility index (Phi) is 9.21. The van der Waals surface area contributed by atoms with Gasteiger partial charge in [-0.05, 0) is 49.7 Å². The Morgan fingerprint density at radius 3 is 2.44 bits per heavy atom. The zero-order valence-electron chi connectivity index (χ0n) is 15.9. The molecule has 1 amide bonds. The summed E-state index contributed by atoms with van der Waals surface area (Å²) in [5, 5.41) is 2.87. The number of nitrogens with zero attached hydrogens (tertiary/aromatic N) is 2. The van der Waals surface area contributed by atoms with E-state index in [0.29, 0.717) is 6.54 Å². The van der Waals surface area contributed by atoms with E-state index in [0.717, 1.165) is 57.7 Å². The first kappa shape index (κ1) is 21.3. The number of unbranched alkanes of at least 4 members (excludes halogenated alkanes) is 1. The molecule has 0 atom stereocenters. The van der Waals surface area contributed by atoms with Gasteiger partial charge in [-0.3, -0.25) is 4.79 Å². The van der Waals surface area contributed by atoms with Crippen molar-refractivity contribution in [3.63, 3.8) is 0 Å². The Hall–Kier alpha value is -1.99. The molecule has 0 unspecified atom stereocenters. The summed E-state index contributed by atoms with van der Waals surface area (Å²) in [6.07, 6.45) is 5.12. The van der Waals surface area contributed by atoms with E-state index < -0.39 is 6.61 Å². The topological polar surface area (TPSA) is 44.8 Å². The number of halogens is 2. The van der Waals surface area contributed by atoms with Crippen LogP contribution in [0.5, 0.6) is 5.75 Å². The minimum absolute atomic E-state index is 0.0997. The summed E-state index contributed by atoms with van der Waals surface area (Å²) in [5.74, 6) is -0.0535. The van der Waals surface area contributed by atoms with Gasteiger partial charge in [0.2, 0.25) is 5.91 Å². The second kappa shape index (κ2) is 11.7. The molecule has 0 aromatic heterocycles. The molecular formula is C20H29F2N3O2. The fraction of sp³-hybridized carbons (Fsp3) is 0.550. The first-order valence-corrected chi connectivity index (χ1v) is 9.52. The lowest BCUT2D eigenvalue weighted by atomic mass is 10.2. The van der Waals surface area contributed by atoms with Crippen molar-refractivity contribution in [2.24, 2.45) is 0 Å². The lowest BCUT2D eigenvalue weighted by molar-refractivity contribution is -0.116. The maximum atomic E-state index is 12.1. The van der Waals surface area contributed by atoms with Crippen molar-refractivity contribution < 1.29 is 18.3 Å². The van der Waals surface area contributed by atoms with Gasteiger partial charge >= 0.3 is 6.61 Å². The fourth-order valence-electron chi connectivity index (χ4n) is 2.99. The molecule has 0 aliphatic carbocycles. The van der Waals surface area contributed by atoms with Crippen LogP contribution in [0.15, 0.2) is 30.3 Å². The molecule has 0 radical (unpaired) electrons. The van der Waals surface area contributed by atoms with Crippen LogP contribution in [-0.2, 0) is 4.79 Å². The van der Waals surface area contributed by atoms with Gasteiger partial charge in [0.15, 0.2) is 0 Å². The van der Waals surface area contributed by atoms with E-state index in [2.05, 4.69) is 26.8 Å². The van der Waals surface area contributed by atoms with Crippen LogP contribution in [0.2, 0.25) is 0 Å². The molecule has 27 heavy (non-hydrogen) atoms. The standard InChI is InChI=1S/C20H29F2N3O2/c1-2-24-13-15-25(16-14-24)12-4-3-11-23-19(26)10-7-17-5-8-18(9-6-17)27-20(21)22/h5-10,20H,2-4,11-16H2,1H3,(H,23,26)/b10-7+. The van der Waals surface area contributed by atoms with Crippen LogP contribution in [0.4, 0.5) is 8.78 Å². The Balaban J connectivity index is 1.57. The van der Waals surface area contributed by atoms with Gasteiger partial charge in [-0.1, -0.05) is 19.1 Å². The summed E-state index contributed by atoms with van der Waals surface area (Å²) in [6.45, 7) is 6.77. The molecule has 1 N–H and O–H groups in total. The second-order valence-electron chi connectivity index (χ2n) is 6.55. The highest BCUT2D eigenvalue weighted by Crippen LogP contribution is 2.15. The molecule has 0 bridgehead atoms. The Labute approximate surface area is 160 Å². The van der Waals surface area contributed by atoms with Gasteiger partial charge in [0.1, 0.15) is 5.75 Å². The number of ether oxygens (including phenoxy) is 1. The molecule has 2 rings (SSSR count). The third kappa shape index (κ3) is 8.49. The van der Waals surface area contributed by atoms with Crippen LogP contribution in [0.3, 0.4) is 0 Å². The number of carbonyl (C=O) groups excluding carboxylic acids is 1. The SMILES string of the molecule is CCN1CCN(CCCCNC(=O)/C=C/c2ccc(OC(F)F)cc2)CC1. The lowest BCUT2D eigenvalue weighted by Gasteiger charge is -2.33. The number of likely N-dealkylation sites (N-methyl/N-ethyl adjacent to an activating group) is 1. The number of amides is 1. The van der Waals surface area contributed by atoms with Crippen molar-refractivity contribution in [1.29, 1.82) is 0 Å². The summed E-state index contributed by atoms with van der Waals surface area (Å²) in [6, 6.07) is 6.15. The van der Waals surface area contributed by atoms with Crippen LogP contribution < -0.4 is 10.1 Å². The molecule has 1 aliphatic rings. The first-order valence-electron chi connectivity index (χ1n) is 9.52. The molecule has 5 nitrogen and oxygen atoms in total. The monoisotopic (exact) mass is 381 g/mol. The van der Waals surface area contributed by atoms with Gasteiger partial charge in [0.25, 0.3) is 0 Å². The zero-order valence-corrected chi connectivity index (χ0v) is 15.9. The summed E-state index contributed by atoms with van der Waals surface area (Å²) >= 11 is 0. The smallest absolute Gasteiger partial charge is 0.387 e. The van der Waals surface area contributed by atoms with Gasteiger partial charge in [0.05, 0.1) is 0 Å². The summed E-state index contributed by atoms with van der Waals surface area (Å²) in [7, 11) is 0. The lowest BCUT2D eigenvalue weighted by Crippen LogP contribution is -2.46. The Bertz CT molecular complexity index is 585. The minimum atomic E-state index is -2.84. The number of carbonyl (C=O) groups is 1. The zero-order chi connectivity index (χ0) is 19.5. The van der Waals surface area contributed by atoms with Gasteiger partial charge < -0.3 is 19.9 Å². The normalized spacial score (nSPS) is 16.1. The van der Waals surface area contributed by atoms with Crippen LogP contribution in [0.1, 0.15) is 25.3 Å². The third-order valence-corrected chi connectivity index (χ3v) is 4.64. The van der Waals surface area contributed by atoms with E-state index in [-0.39, 0.29) is 11.7 Å². The Morgan fingerprint density at radius 1 is 1.15 bits per heavy atom. The fourth-order valence-corrected chi connectivity index (χ4v) is 2.99. The molecule has 0 spiro atoms. The second-order valence-corrected chi connectivity index (χ2v) is 6.55. The molecule has 150 valence electrons. The third-order valence-electron chi connectivity index (χ3n) is 4.64. The van der Waals surface area contributed by atoms with Crippen molar-refractivity contribution in [2.75, 3.05) is 45.8 Å². The molecule has 1 aromatic carbocycles. The Morgan fingerprint density at radius 2 is 1.81 bits per heavy atom. The largest absolute Gasteiger partial charge is 0.435 e. The van der Waals surface area contributed by atoms with Crippen LogP contribution >= 0.6 is 0 Å². The van der Waals surface area contributed by atoms with Crippen LogP contribution in [0, 0.1) is 0 Å². The van der Waals surface area contributed by atoms with Crippen molar-refractivity contribution >= 4 is 12.0 Å². The molecule has 1 aromatic rings. The molecule has 1 heterocycles. The maximum absolute atomic E-state index is 12.1. The number of nitrogens with one attached hydrogen (secondary N) is 1. The number of rotatable bonds is 10. The highest BCUT2D eigenvalue weighted by molar-refractivity contribution is 5.91. The van der Waals surface area contributed by atoms with Crippen LogP contribution in [0.25, 0.3) is 6.08 Å². The van der Waals surface area contributed by atoms with Gasteiger partial charge in [-0.15, -0.1) is 0 Å². The first-order chi connectivity index (χ1) is 13.1. The van der Waals surface area contributed by atoms with Crippen molar-refractivity contribution in [1.82, 2.24) is 15.1 Å². The van der Waals surface area contributed by atoms with Crippen molar-refractivity contribution in [3.05, 3.63) is 35.9 Å². The molecule has 1 saturated heterocycles. The van der Waals surface area contributed by atoms with E-state index in [1.807, 2.05) is 0 Å². The number of piperazine rings is 1. The molecular weight excluding hydrogens is 352 g/mol. The highest BCUT2D eigenvalue weighted by Gasteiger charge is 2.14. The van der Waals surface area contributed by atoms with Gasteiger partial charge in [0, 0.05) is 38.8 Å². The van der Waals surface area contributed by atoms with Gasteiger partial charge in [-0.25, -0.2) is 0 Å². The average molecular weight is 381 g/mol. The maximum Gasteiger partial charge on any atom is 0.387 e. The molecule has 1 aliphatic heterocycles. The number of hydrogen-bond acceptors (Lipinski definition) is 4. The minimum Gasteiger partial charge on any atom is -0.435 e. The highest BCUT2D eigenvalue weighted by atomic mass is 19.3. The van der Waals surface area contributed by atoms with Gasteiger partial charge in [-0.2, -0.15) is 8.78 Å². The van der Waals surface area contributed by atoms with E-state index in [9.17, 15) is 13.6 Å². The predicted octanol–water partition coefficient (Wildman–Crippen LogP) is 2.84. The molecule has 0 saturated carbocycles. The van der Waals surface area contributed by atoms with E-state index in [1.165, 1.54) is 18.2 Å². The van der Waals surface area contributed by atoms with E-state index in [4.69, 9.17) is 0 Å².